The number of hydrogen-bond donors (Lipinski definition) is 3. The number of phenols is 1. The topological polar surface area (TPSA) is 92.0 Å². The van der Waals surface area contributed by atoms with Gasteiger partial charge in [-0.2, -0.15) is 0 Å². The number of nitrogen functional groups attached to an aromatic ring is 1. The van der Waals surface area contributed by atoms with Crippen molar-refractivity contribution in [3.63, 3.8) is 0 Å². The molecule has 0 saturated carbocycles. The van der Waals surface area contributed by atoms with Gasteiger partial charge in [-0.1, -0.05) is 12.1 Å². The van der Waals surface area contributed by atoms with Gasteiger partial charge in [0, 0.05) is 5.56 Å². The largest absolute Gasteiger partial charge is 0.507 e. The third-order valence-corrected chi connectivity index (χ3v) is 2.23. The molecule has 0 radical (unpaired) electrons. The van der Waals surface area contributed by atoms with Crippen LogP contribution in [-0.2, 0) is 0 Å². The number of phenolic OH excluding ortho intramolecular Hbond substituents is 1. The number of hydrogen-bond acceptors (Lipinski definition) is 4. The smallest absolute Gasteiger partial charge is 0.274 e. The molecule has 0 fully saturated rings. The van der Waals surface area contributed by atoms with Gasteiger partial charge in [-0.05, 0) is 19.1 Å². The first-order valence-corrected chi connectivity index (χ1v) is 4.74. The summed E-state index contributed by atoms with van der Waals surface area (Å²) in [4.78, 5) is 18.1. The Morgan fingerprint density at radius 2 is 2.06 bits per heavy atom. The van der Waals surface area contributed by atoms with Crippen molar-refractivity contribution in [2.45, 2.75) is 6.92 Å². The van der Waals surface area contributed by atoms with Crippen molar-refractivity contribution in [2.75, 3.05) is 5.73 Å². The van der Waals surface area contributed by atoms with E-state index < -0.39 is 5.56 Å². The van der Waals surface area contributed by atoms with Crippen LogP contribution in [0.25, 0.3) is 11.3 Å². The highest BCUT2D eigenvalue weighted by Gasteiger charge is 2.11. The fourth-order valence-electron chi connectivity index (χ4n) is 1.47. The highest BCUT2D eigenvalue weighted by molar-refractivity contribution is 5.76. The van der Waals surface area contributed by atoms with Crippen LogP contribution in [0.4, 0.5) is 5.69 Å². The molecule has 0 unspecified atom stereocenters. The highest BCUT2D eigenvalue weighted by Crippen LogP contribution is 2.29. The molecule has 0 aliphatic heterocycles. The second-order valence-electron chi connectivity index (χ2n) is 3.43. The second kappa shape index (κ2) is 3.69. The van der Waals surface area contributed by atoms with Crippen molar-refractivity contribution in [2.24, 2.45) is 0 Å². The van der Waals surface area contributed by atoms with Crippen molar-refractivity contribution in [3.8, 4) is 17.0 Å². The van der Waals surface area contributed by atoms with Gasteiger partial charge in [-0.25, -0.2) is 4.98 Å². The van der Waals surface area contributed by atoms with Gasteiger partial charge >= 0.3 is 0 Å². The van der Waals surface area contributed by atoms with Crippen molar-refractivity contribution in [1.82, 2.24) is 9.97 Å². The van der Waals surface area contributed by atoms with E-state index in [1.54, 1.807) is 25.1 Å². The summed E-state index contributed by atoms with van der Waals surface area (Å²) in [5.74, 6) is 0.504. The number of aromatic amines is 1. The summed E-state index contributed by atoms with van der Waals surface area (Å²) < 4.78 is 0. The van der Waals surface area contributed by atoms with Crippen molar-refractivity contribution in [1.29, 1.82) is 0 Å². The summed E-state index contributed by atoms with van der Waals surface area (Å²) in [6.45, 7) is 1.66. The minimum Gasteiger partial charge on any atom is -0.507 e. The molecular formula is C11H11N3O2. The van der Waals surface area contributed by atoms with Crippen LogP contribution in [0.3, 0.4) is 0 Å². The highest BCUT2D eigenvalue weighted by atomic mass is 16.3. The number of nitrogens with two attached hydrogens (primary N) is 1. The minimum absolute atomic E-state index is 0.00657. The number of aromatic nitrogens is 2. The van der Waals surface area contributed by atoms with Crippen molar-refractivity contribution >= 4 is 5.69 Å². The van der Waals surface area contributed by atoms with Crippen LogP contribution in [0.2, 0.25) is 0 Å². The molecule has 1 aromatic carbocycles. The number of H-pyrrole nitrogens is 1. The SMILES string of the molecule is Cc1nc(-c2ccccc2O)c(N)c(=O)[nH]1. The van der Waals surface area contributed by atoms with Gasteiger partial charge in [-0.15, -0.1) is 0 Å². The lowest BCUT2D eigenvalue weighted by Crippen LogP contribution is -2.16. The molecule has 82 valence electrons. The number of anilines is 1. The van der Waals surface area contributed by atoms with Gasteiger partial charge in [-0.3, -0.25) is 4.79 Å². The molecule has 1 aromatic heterocycles. The van der Waals surface area contributed by atoms with Gasteiger partial charge in [0.15, 0.2) is 0 Å². The first-order chi connectivity index (χ1) is 7.59. The Morgan fingerprint density at radius 3 is 2.75 bits per heavy atom. The lowest BCUT2D eigenvalue weighted by atomic mass is 10.1. The maximum Gasteiger partial charge on any atom is 0.274 e. The zero-order chi connectivity index (χ0) is 11.7. The molecule has 5 heteroatoms. The maximum atomic E-state index is 11.4. The number of aromatic hydroxyl groups is 1. The molecule has 2 aromatic rings. The molecule has 0 spiro atoms. The van der Waals surface area contributed by atoms with Crippen LogP contribution in [0.15, 0.2) is 29.1 Å². The van der Waals surface area contributed by atoms with Crippen LogP contribution < -0.4 is 11.3 Å². The van der Waals surface area contributed by atoms with Crippen molar-refractivity contribution in [3.05, 3.63) is 40.4 Å². The second-order valence-corrected chi connectivity index (χ2v) is 3.43. The molecule has 5 nitrogen and oxygen atoms in total. The van der Waals surface area contributed by atoms with Crippen LogP contribution >= 0.6 is 0 Å². The molecule has 2 rings (SSSR count). The summed E-state index contributed by atoms with van der Waals surface area (Å²) in [5.41, 5.74) is 6.00. The fourth-order valence-corrected chi connectivity index (χ4v) is 1.47. The number of nitrogens with one attached hydrogen (secondary N) is 1. The number of para-hydroxylation sites is 1. The molecule has 0 saturated heterocycles. The van der Waals surface area contributed by atoms with E-state index in [1.807, 2.05) is 0 Å². The summed E-state index contributed by atoms with van der Waals surface area (Å²) in [5, 5.41) is 9.66. The molecule has 0 aliphatic carbocycles. The Balaban J connectivity index is 2.74. The van der Waals surface area contributed by atoms with Crippen LogP contribution in [0.1, 0.15) is 5.82 Å². The number of benzene rings is 1. The van der Waals surface area contributed by atoms with E-state index in [0.29, 0.717) is 17.1 Å². The lowest BCUT2D eigenvalue weighted by molar-refractivity contribution is 0.477. The molecule has 0 amide bonds. The van der Waals surface area contributed by atoms with Gasteiger partial charge in [0.1, 0.15) is 23.0 Å². The zero-order valence-corrected chi connectivity index (χ0v) is 8.69. The summed E-state index contributed by atoms with van der Waals surface area (Å²) in [6.07, 6.45) is 0. The average molecular weight is 217 g/mol. The van der Waals surface area contributed by atoms with Crippen LogP contribution in [0, 0.1) is 6.92 Å². The Hall–Kier alpha value is -2.30. The third kappa shape index (κ3) is 1.63. The van der Waals surface area contributed by atoms with Crippen LogP contribution in [-0.4, -0.2) is 15.1 Å². The molecule has 0 bridgehead atoms. The molecule has 16 heavy (non-hydrogen) atoms. The molecule has 4 N–H and O–H groups in total. The van der Waals surface area contributed by atoms with E-state index in [-0.39, 0.29) is 11.4 Å². The van der Waals surface area contributed by atoms with Gasteiger partial charge < -0.3 is 15.8 Å². The molecule has 1 heterocycles. The quantitative estimate of drug-likeness (QED) is 0.665. The van der Waals surface area contributed by atoms with Gasteiger partial charge in [0.2, 0.25) is 0 Å². The number of rotatable bonds is 1. The van der Waals surface area contributed by atoms with E-state index in [0.717, 1.165) is 0 Å². The monoisotopic (exact) mass is 217 g/mol. The predicted molar refractivity (Wildman–Crippen MR) is 61.1 cm³/mol. The van der Waals surface area contributed by atoms with Crippen molar-refractivity contribution < 1.29 is 5.11 Å². The number of nitrogens with zero attached hydrogens (tertiary/aromatic N) is 1. The maximum absolute atomic E-state index is 11.4. The average Bonchev–Trinajstić information content (AvgIpc) is 2.24. The van der Waals surface area contributed by atoms with Crippen LogP contribution in [0.5, 0.6) is 5.75 Å². The minimum atomic E-state index is -0.397. The molecule has 0 aliphatic rings. The van der Waals surface area contributed by atoms with E-state index in [9.17, 15) is 9.90 Å². The Kier molecular flexibility index (Phi) is 2.36. The Bertz CT molecular complexity index is 590. The first kappa shape index (κ1) is 10.2. The lowest BCUT2D eigenvalue weighted by Gasteiger charge is -2.06. The van der Waals surface area contributed by atoms with Gasteiger partial charge in [0.05, 0.1) is 0 Å². The van der Waals surface area contributed by atoms with E-state index in [4.69, 9.17) is 5.73 Å². The Labute approximate surface area is 91.6 Å². The number of aryl methyl sites for hydroxylation is 1. The van der Waals surface area contributed by atoms with E-state index in [1.165, 1.54) is 6.07 Å². The summed E-state index contributed by atoms with van der Waals surface area (Å²) in [6, 6.07) is 6.61. The molecule has 0 atom stereocenters. The first-order valence-electron chi connectivity index (χ1n) is 4.74. The summed E-state index contributed by atoms with van der Waals surface area (Å²) in [7, 11) is 0. The van der Waals surface area contributed by atoms with E-state index in [2.05, 4.69) is 9.97 Å². The van der Waals surface area contributed by atoms with E-state index >= 15 is 0 Å². The fraction of sp³-hybridized carbons (Fsp3) is 0.0909. The molecular weight excluding hydrogens is 206 g/mol. The zero-order valence-electron chi connectivity index (χ0n) is 8.69. The summed E-state index contributed by atoms with van der Waals surface area (Å²) >= 11 is 0. The Morgan fingerprint density at radius 1 is 1.38 bits per heavy atom. The third-order valence-electron chi connectivity index (χ3n) is 2.23. The standard InChI is InChI=1S/C11H11N3O2/c1-6-13-10(9(12)11(16)14-6)7-4-2-3-5-8(7)15/h2-5,15H,12H2,1H3,(H,13,14,16). The normalized spacial score (nSPS) is 10.3. The predicted octanol–water partition coefficient (Wildman–Crippen LogP) is 1.03. The van der Waals surface area contributed by atoms with Gasteiger partial charge in [0.25, 0.3) is 5.56 Å².